The van der Waals surface area contributed by atoms with Gasteiger partial charge < -0.3 is 15.6 Å². The summed E-state index contributed by atoms with van der Waals surface area (Å²) in [6.07, 6.45) is 0.895. The first-order valence-corrected chi connectivity index (χ1v) is 7.08. The third-order valence-corrected chi connectivity index (χ3v) is 3.47. The van der Waals surface area contributed by atoms with E-state index in [-0.39, 0.29) is 5.91 Å². The van der Waals surface area contributed by atoms with E-state index in [2.05, 4.69) is 36.5 Å². The van der Waals surface area contributed by atoms with Crippen LogP contribution in [0.2, 0.25) is 5.02 Å². The van der Waals surface area contributed by atoms with Crippen LogP contribution in [0.15, 0.2) is 18.2 Å². The number of nitrogens with two attached hydrogens (primary N) is 1. The number of nitrogens with one attached hydrogen (secondary N) is 2. The number of carbonyl (C=O) groups is 1. The van der Waals surface area contributed by atoms with Gasteiger partial charge in [-0.25, -0.2) is 0 Å². The quantitative estimate of drug-likeness (QED) is 0.409. The third-order valence-electron chi connectivity index (χ3n) is 3.24. The van der Waals surface area contributed by atoms with Crippen LogP contribution in [0.1, 0.15) is 30.6 Å². The second-order valence-corrected chi connectivity index (χ2v) is 5.45. The van der Waals surface area contributed by atoms with Gasteiger partial charge in [-0.1, -0.05) is 11.6 Å². The van der Waals surface area contributed by atoms with Crippen LogP contribution in [0.4, 0.5) is 5.69 Å². The molecule has 6 heteroatoms. The Morgan fingerprint density at radius 3 is 2.75 bits per heavy atom. The molecular weight excluding hydrogens is 276 g/mol. The Morgan fingerprint density at radius 1 is 1.45 bits per heavy atom. The van der Waals surface area contributed by atoms with Crippen molar-refractivity contribution in [3.8, 4) is 0 Å². The maximum Gasteiger partial charge on any atom is 0.253 e. The zero-order chi connectivity index (χ0) is 15.1. The first-order valence-electron chi connectivity index (χ1n) is 6.70. The van der Waals surface area contributed by atoms with Gasteiger partial charge in [0.15, 0.2) is 0 Å². The average Bonchev–Trinajstić information content (AvgIpc) is 2.42. The van der Waals surface area contributed by atoms with Crippen molar-refractivity contribution in [2.24, 2.45) is 5.84 Å². The van der Waals surface area contributed by atoms with E-state index in [9.17, 15) is 4.79 Å². The van der Waals surface area contributed by atoms with Gasteiger partial charge in [0.25, 0.3) is 5.91 Å². The van der Waals surface area contributed by atoms with Crippen LogP contribution in [-0.2, 0) is 0 Å². The van der Waals surface area contributed by atoms with Crippen molar-refractivity contribution in [1.29, 1.82) is 0 Å². The van der Waals surface area contributed by atoms with Gasteiger partial charge in [0, 0.05) is 17.6 Å². The molecule has 0 fully saturated rings. The van der Waals surface area contributed by atoms with Crippen LogP contribution in [0.25, 0.3) is 0 Å². The number of halogens is 1. The summed E-state index contributed by atoms with van der Waals surface area (Å²) in [5.74, 6) is 5.21. The average molecular weight is 299 g/mol. The molecule has 4 N–H and O–H groups in total. The molecule has 0 unspecified atom stereocenters. The summed E-state index contributed by atoms with van der Waals surface area (Å²) in [5.41, 5.74) is 3.52. The fraction of sp³-hybridized carbons (Fsp3) is 0.500. The van der Waals surface area contributed by atoms with Crippen LogP contribution in [0.3, 0.4) is 0 Å². The lowest BCUT2D eigenvalue weighted by atomic mass is 10.1. The molecule has 5 nitrogen and oxygen atoms in total. The van der Waals surface area contributed by atoms with E-state index in [4.69, 9.17) is 17.4 Å². The highest BCUT2D eigenvalue weighted by molar-refractivity contribution is 6.31. The molecule has 0 aromatic heterocycles. The molecule has 0 saturated carbocycles. The third kappa shape index (κ3) is 5.00. The highest BCUT2D eigenvalue weighted by Gasteiger charge is 2.11. The Hall–Kier alpha value is -1.30. The Morgan fingerprint density at radius 2 is 2.15 bits per heavy atom. The summed E-state index contributed by atoms with van der Waals surface area (Å²) in [5, 5.41) is 3.38. The first-order chi connectivity index (χ1) is 9.45. The van der Waals surface area contributed by atoms with Crippen molar-refractivity contribution in [2.75, 3.05) is 25.6 Å². The monoisotopic (exact) mass is 298 g/mol. The van der Waals surface area contributed by atoms with E-state index in [0.29, 0.717) is 28.9 Å². The fourth-order valence-electron chi connectivity index (χ4n) is 1.71. The van der Waals surface area contributed by atoms with Gasteiger partial charge in [-0.15, -0.1) is 0 Å². The lowest BCUT2D eigenvalue weighted by Crippen LogP contribution is -2.31. The van der Waals surface area contributed by atoms with E-state index >= 15 is 0 Å². The molecule has 1 aromatic carbocycles. The van der Waals surface area contributed by atoms with Crippen molar-refractivity contribution in [3.63, 3.8) is 0 Å². The largest absolute Gasteiger partial charge is 0.352 e. The van der Waals surface area contributed by atoms with Crippen LogP contribution in [0.5, 0.6) is 0 Å². The summed E-state index contributed by atoms with van der Waals surface area (Å²) >= 11 is 5.90. The number of rotatable bonds is 7. The lowest BCUT2D eigenvalue weighted by Gasteiger charge is -2.20. The number of carbonyl (C=O) groups excluding carboxylic acids is 1. The lowest BCUT2D eigenvalue weighted by molar-refractivity contribution is 0.0952. The van der Waals surface area contributed by atoms with Crippen molar-refractivity contribution in [2.45, 2.75) is 26.3 Å². The number of nitrogens with zero attached hydrogens (tertiary/aromatic N) is 1. The molecule has 0 spiro atoms. The van der Waals surface area contributed by atoms with Gasteiger partial charge in [-0.2, -0.15) is 0 Å². The molecule has 0 radical (unpaired) electrons. The van der Waals surface area contributed by atoms with E-state index in [1.165, 1.54) is 0 Å². The SMILES string of the molecule is CC(C)N(C)CCCNC(=O)c1cc(Cl)ccc1NN. The van der Waals surface area contributed by atoms with Gasteiger partial charge in [0.1, 0.15) is 0 Å². The van der Waals surface area contributed by atoms with Crippen molar-refractivity contribution in [3.05, 3.63) is 28.8 Å². The van der Waals surface area contributed by atoms with Gasteiger partial charge in [0.05, 0.1) is 11.3 Å². The summed E-state index contributed by atoms with van der Waals surface area (Å²) in [6.45, 7) is 5.84. The second-order valence-electron chi connectivity index (χ2n) is 5.02. The van der Waals surface area contributed by atoms with Crippen LogP contribution in [-0.4, -0.2) is 37.0 Å². The summed E-state index contributed by atoms with van der Waals surface area (Å²) < 4.78 is 0. The highest BCUT2D eigenvalue weighted by Crippen LogP contribution is 2.19. The van der Waals surface area contributed by atoms with Crippen molar-refractivity contribution in [1.82, 2.24) is 10.2 Å². The molecule has 1 aromatic rings. The number of hydrogen-bond acceptors (Lipinski definition) is 4. The fourth-order valence-corrected chi connectivity index (χ4v) is 1.89. The maximum atomic E-state index is 12.1. The molecule has 0 heterocycles. The van der Waals surface area contributed by atoms with E-state index in [0.717, 1.165) is 13.0 Å². The molecule has 0 atom stereocenters. The zero-order valence-electron chi connectivity index (χ0n) is 12.2. The highest BCUT2D eigenvalue weighted by atomic mass is 35.5. The van der Waals surface area contributed by atoms with Crippen LogP contribution in [0, 0.1) is 0 Å². The molecule has 0 bridgehead atoms. The smallest absolute Gasteiger partial charge is 0.253 e. The molecule has 112 valence electrons. The normalized spacial score (nSPS) is 10.9. The zero-order valence-corrected chi connectivity index (χ0v) is 13.0. The van der Waals surface area contributed by atoms with Crippen molar-refractivity contribution < 1.29 is 4.79 Å². The number of amides is 1. The standard InChI is InChI=1S/C14H23ClN4O/c1-10(2)19(3)8-4-7-17-14(20)12-9-11(15)5-6-13(12)18-16/h5-6,9-10,18H,4,7-8,16H2,1-3H3,(H,17,20). The molecule has 0 aliphatic carbocycles. The molecule has 1 amide bonds. The number of hydrogen-bond donors (Lipinski definition) is 3. The van der Waals surface area contributed by atoms with E-state index < -0.39 is 0 Å². The predicted molar refractivity (Wildman–Crippen MR) is 84.0 cm³/mol. The minimum atomic E-state index is -0.173. The van der Waals surface area contributed by atoms with Gasteiger partial charge in [-0.3, -0.25) is 10.6 Å². The Labute approximate surface area is 125 Å². The molecule has 0 aliphatic rings. The molecule has 20 heavy (non-hydrogen) atoms. The molecular formula is C14H23ClN4O. The molecule has 0 saturated heterocycles. The minimum Gasteiger partial charge on any atom is -0.352 e. The van der Waals surface area contributed by atoms with Gasteiger partial charge in [-0.05, 0) is 52.1 Å². The van der Waals surface area contributed by atoms with E-state index in [1.807, 2.05) is 0 Å². The maximum absolute atomic E-state index is 12.1. The minimum absolute atomic E-state index is 0.173. The Kier molecular flexibility index (Phi) is 6.78. The number of hydrazine groups is 1. The topological polar surface area (TPSA) is 70.4 Å². The van der Waals surface area contributed by atoms with Gasteiger partial charge >= 0.3 is 0 Å². The first kappa shape index (κ1) is 16.8. The Balaban J connectivity index is 2.49. The number of nitrogen functional groups attached to an aromatic ring is 1. The number of benzene rings is 1. The summed E-state index contributed by atoms with van der Waals surface area (Å²) in [6, 6.07) is 5.48. The molecule has 0 aliphatic heterocycles. The number of anilines is 1. The van der Waals surface area contributed by atoms with Crippen molar-refractivity contribution >= 4 is 23.2 Å². The second kappa shape index (κ2) is 8.09. The Bertz CT molecular complexity index is 451. The summed E-state index contributed by atoms with van der Waals surface area (Å²) in [7, 11) is 2.07. The summed E-state index contributed by atoms with van der Waals surface area (Å²) in [4.78, 5) is 14.3. The van der Waals surface area contributed by atoms with Crippen LogP contribution >= 0.6 is 11.6 Å². The predicted octanol–water partition coefficient (Wildman–Crippen LogP) is 2.09. The molecule has 1 rings (SSSR count). The van der Waals surface area contributed by atoms with Gasteiger partial charge in [0.2, 0.25) is 0 Å². The van der Waals surface area contributed by atoms with Crippen LogP contribution < -0.4 is 16.6 Å². The van der Waals surface area contributed by atoms with E-state index in [1.54, 1.807) is 18.2 Å².